The zero-order valence-corrected chi connectivity index (χ0v) is 19.9. The first-order valence-electron chi connectivity index (χ1n) is 10.3. The Labute approximate surface area is 203 Å². The number of thioether (sulfide) groups is 1. The van der Waals surface area contributed by atoms with Crippen molar-refractivity contribution in [2.45, 2.75) is 24.0 Å². The maximum atomic E-state index is 12.6. The molecule has 0 bridgehead atoms. The maximum Gasteiger partial charge on any atom is 0.270 e. The van der Waals surface area contributed by atoms with E-state index < -0.39 is 10.8 Å². The lowest BCUT2D eigenvalue weighted by atomic mass is 10.2. The van der Waals surface area contributed by atoms with Gasteiger partial charge < -0.3 is 10.6 Å². The standard InChI is InChI=1S/C24H20N4O4S2/c1-14-6-11-20-21(12-14)34-24(26-20)27-22(29)15(2)33-19-9-7-17(8-10-19)25-23(30)16-4-3-5-18(13-16)28(31)32/h3-13,15H,1-2H3,(H,25,30)(H,26,27,29). The molecule has 1 heterocycles. The Balaban J connectivity index is 1.35. The van der Waals surface area contributed by atoms with E-state index in [0.717, 1.165) is 20.7 Å². The number of hydrogen-bond donors (Lipinski definition) is 2. The van der Waals surface area contributed by atoms with Crippen molar-refractivity contribution in [2.75, 3.05) is 10.6 Å². The van der Waals surface area contributed by atoms with Gasteiger partial charge in [0.25, 0.3) is 11.6 Å². The average Bonchev–Trinajstić information content (AvgIpc) is 3.21. The van der Waals surface area contributed by atoms with Crippen LogP contribution in [-0.4, -0.2) is 27.0 Å². The van der Waals surface area contributed by atoms with Crippen LogP contribution in [0.2, 0.25) is 0 Å². The van der Waals surface area contributed by atoms with Crippen LogP contribution in [0.3, 0.4) is 0 Å². The van der Waals surface area contributed by atoms with Crippen molar-refractivity contribution in [1.29, 1.82) is 0 Å². The summed E-state index contributed by atoms with van der Waals surface area (Å²) in [5.41, 5.74) is 2.59. The van der Waals surface area contributed by atoms with Gasteiger partial charge in [-0.25, -0.2) is 4.98 Å². The number of carbonyl (C=O) groups excluding carboxylic acids is 2. The van der Waals surface area contributed by atoms with Crippen LogP contribution in [0.1, 0.15) is 22.8 Å². The van der Waals surface area contributed by atoms with E-state index in [4.69, 9.17) is 0 Å². The van der Waals surface area contributed by atoms with E-state index in [-0.39, 0.29) is 22.4 Å². The molecular formula is C24H20N4O4S2. The molecule has 8 nitrogen and oxygen atoms in total. The van der Waals surface area contributed by atoms with Gasteiger partial charge >= 0.3 is 0 Å². The van der Waals surface area contributed by atoms with Crippen LogP contribution < -0.4 is 10.6 Å². The first-order chi connectivity index (χ1) is 16.3. The first kappa shape index (κ1) is 23.4. The summed E-state index contributed by atoms with van der Waals surface area (Å²) in [6.45, 7) is 3.83. The maximum absolute atomic E-state index is 12.6. The van der Waals surface area contributed by atoms with Gasteiger partial charge in [-0.2, -0.15) is 0 Å². The number of anilines is 2. The van der Waals surface area contributed by atoms with E-state index in [0.29, 0.717) is 10.8 Å². The van der Waals surface area contributed by atoms with E-state index in [1.807, 2.05) is 32.0 Å². The molecule has 3 aromatic carbocycles. The number of hydrogen-bond acceptors (Lipinski definition) is 7. The van der Waals surface area contributed by atoms with Crippen LogP contribution in [0.15, 0.2) is 71.6 Å². The predicted octanol–water partition coefficient (Wildman–Crippen LogP) is 5.88. The smallest absolute Gasteiger partial charge is 0.270 e. The third kappa shape index (κ3) is 5.59. The van der Waals surface area contributed by atoms with E-state index in [1.54, 1.807) is 24.3 Å². The molecule has 0 fully saturated rings. The number of nitrogens with zero attached hydrogens (tertiary/aromatic N) is 2. The number of amides is 2. The van der Waals surface area contributed by atoms with Crippen molar-refractivity contribution in [3.8, 4) is 0 Å². The summed E-state index contributed by atoms with van der Waals surface area (Å²) in [6.07, 6.45) is 0. The molecule has 0 aliphatic rings. The molecule has 0 aliphatic heterocycles. The van der Waals surface area contributed by atoms with E-state index in [2.05, 4.69) is 15.6 Å². The minimum Gasteiger partial charge on any atom is -0.322 e. The van der Waals surface area contributed by atoms with Crippen molar-refractivity contribution in [3.05, 3.63) is 88.0 Å². The number of nitrogens with one attached hydrogen (secondary N) is 2. The summed E-state index contributed by atoms with van der Waals surface area (Å²) in [5, 5.41) is 16.7. The number of aryl methyl sites for hydroxylation is 1. The highest BCUT2D eigenvalue weighted by Crippen LogP contribution is 2.29. The largest absolute Gasteiger partial charge is 0.322 e. The van der Waals surface area contributed by atoms with E-state index in [9.17, 15) is 19.7 Å². The van der Waals surface area contributed by atoms with Gasteiger partial charge in [-0.15, -0.1) is 11.8 Å². The normalized spacial score (nSPS) is 11.7. The Morgan fingerprint density at radius 2 is 1.82 bits per heavy atom. The second kappa shape index (κ2) is 10.0. The summed E-state index contributed by atoms with van der Waals surface area (Å²) in [7, 11) is 0. The van der Waals surface area contributed by atoms with Gasteiger partial charge in [0, 0.05) is 28.3 Å². The number of carbonyl (C=O) groups is 2. The van der Waals surface area contributed by atoms with E-state index >= 15 is 0 Å². The topological polar surface area (TPSA) is 114 Å². The van der Waals surface area contributed by atoms with Crippen LogP contribution in [0.4, 0.5) is 16.5 Å². The molecule has 172 valence electrons. The fraction of sp³-hybridized carbons (Fsp3) is 0.125. The number of thiazole rings is 1. The highest BCUT2D eigenvalue weighted by molar-refractivity contribution is 8.00. The summed E-state index contributed by atoms with van der Waals surface area (Å²) >= 11 is 2.83. The second-order valence-corrected chi connectivity index (χ2v) is 9.97. The second-order valence-electron chi connectivity index (χ2n) is 7.53. The molecule has 1 unspecified atom stereocenters. The molecule has 1 aromatic heterocycles. The van der Waals surface area contributed by atoms with Crippen molar-refractivity contribution < 1.29 is 14.5 Å². The molecule has 4 aromatic rings. The highest BCUT2D eigenvalue weighted by Gasteiger charge is 2.17. The van der Waals surface area contributed by atoms with Gasteiger partial charge in [-0.05, 0) is 61.9 Å². The first-order valence-corrected chi connectivity index (χ1v) is 12.0. The fourth-order valence-electron chi connectivity index (χ4n) is 3.13. The van der Waals surface area contributed by atoms with Crippen molar-refractivity contribution in [2.24, 2.45) is 0 Å². The molecule has 4 rings (SSSR count). The number of nitro groups is 1. The molecule has 10 heteroatoms. The van der Waals surface area contributed by atoms with Crippen molar-refractivity contribution >= 4 is 61.6 Å². The monoisotopic (exact) mass is 492 g/mol. The lowest BCUT2D eigenvalue weighted by Gasteiger charge is -2.11. The van der Waals surface area contributed by atoms with Crippen LogP contribution in [0, 0.1) is 17.0 Å². The molecule has 0 saturated carbocycles. The van der Waals surface area contributed by atoms with Gasteiger partial charge in [0.05, 0.1) is 20.4 Å². The predicted molar refractivity (Wildman–Crippen MR) is 136 cm³/mol. The van der Waals surface area contributed by atoms with Gasteiger partial charge in [0.1, 0.15) is 0 Å². The fourth-order valence-corrected chi connectivity index (χ4v) is 4.97. The third-order valence-corrected chi connectivity index (χ3v) is 6.93. The molecule has 0 radical (unpaired) electrons. The molecular weight excluding hydrogens is 472 g/mol. The molecule has 1 atom stereocenters. The number of nitro benzene ring substituents is 1. The Hall–Kier alpha value is -3.76. The van der Waals surface area contributed by atoms with Gasteiger partial charge in [-0.3, -0.25) is 19.7 Å². The molecule has 34 heavy (non-hydrogen) atoms. The lowest BCUT2D eigenvalue weighted by molar-refractivity contribution is -0.384. The Morgan fingerprint density at radius 3 is 2.56 bits per heavy atom. The summed E-state index contributed by atoms with van der Waals surface area (Å²) < 4.78 is 1.03. The molecule has 0 saturated heterocycles. The number of fused-ring (bicyclic) bond motifs is 1. The number of rotatable bonds is 7. The Kier molecular flexibility index (Phi) is 6.90. The van der Waals surface area contributed by atoms with Crippen LogP contribution in [-0.2, 0) is 4.79 Å². The van der Waals surface area contributed by atoms with Crippen molar-refractivity contribution in [3.63, 3.8) is 0 Å². The van der Waals surface area contributed by atoms with Crippen molar-refractivity contribution in [1.82, 2.24) is 4.98 Å². The zero-order chi connectivity index (χ0) is 24.2. The SMILES string of the molecule is Cc1ccc2nc(NC(=O)C(C)Sc3ccc(NC(=O)c4cccc([N+](=O)[O-])c4)cc3)sc2c1. The third-order valence-electron chi connectivity index (χ3n) is 4.89. The van der Waals surface area contributed by atoms with Crippen LogP contribution in [0.25, 0.3) is 10.2 Å². The van der Waals surface area contributed by atoms with Crippen LogP contribution in [0.5, 0.6) is 0 Å². The van der Waals surface area contributed by atoms with E-state index in [1.165, 1.54) is 47.4 Å². The number of non-ortho nitro benzene ring substituents is 1. The highest BCUT2D eigenvalue weighted by atomic mass is 32.2. The lowest BCUT2D eigenvalue weighted by Crippen LogP contribution is -2.22. The zero-order valence-electron chi connectivity index (χ0n) is 18.3. The Bertz CT molecular complexity index is 1390. The molecule has 0 aliphatic carbocycles. The molecule has 2 amide bonds. The van der Waals surface area contributed by atoms with Crippen LogP contribution >= 0.6 is 23.1 Å². The number of benzene rings is 3. The quantitative estimate of drug-likeness (QED) is 0.189. The van der Waals surface area contributed by atoms with Gasteiger partial charge in [-0.1, -0.05) is 23.5 Å². The average molecular weight is 493 g/mol. The minimum absolute atomic E-state index is 0.146. The molecule has 2 N–H and O–H groups in total. The summed E-state index contributed by atoms with van der Waals surface area (Å²) in [5.74, 6) is -0.591. The summed E-state index contributed by atoms with van der Waals surface area (Å²) in [4.78, 5) is 40.7. The van der Waals surface area contributed by atoms with Gasteiger partial charge in [0.2, 0.25) is 5.91 Å². The number of aromatic nitrogens is 1. The summed E-state index contributed by atoms with van der Waals surface area (Å²) in [6, 6.07) is 18.6. The Morgan fingerprint density at radius 1 is 1.06 bits per heavy atom. The minimum atomic E-state index is -0.544. The van der Waals surface area contributed by atoms with Gasteiger partial charge in [0.15, 0.2) is 5.13 Å². The molecule has 0 spiro atoms.